The van der Waals surface area contributed by atoms with Gasteiger partial charge in [-0.1, -0.05) is 83.0 Å². The molecule has 6 rings (SSSR count). The summed E-state index contributed by atoms with van der Waals surface area (Å²) in [6.45, 7) is 1.65. The predicted octanol–water partition coefficient (Wildman–Crippen LogP) is 8.39. The first-order chi connectivity index (χ1) is 17.5. The van der Waals surface area contributed by atoms with Crippen LogP contribution in [0.5, 0.6) is 0 Å². The van der Waals surface area contributed by atoms with E-state index < -0.39 is 0 Å². The zero-order chi connectivity index (χ0) is 24.8. The molecule has 36 heavy (non-hydrogen) atoms. The predicted molar refractivity (Wildman–Crippen MR) is 154 cm³/mol. The summed E-state index contributed by atoms with van der Waals surface area (Å²) < 4.78 is 0. The summed E-state index contributed by atoms with van der Waals surface area (Å²) in [6.07, 6.45) is 2.23. The van der Waals surface area contributed by atoms with Gasteiger partial charge in [-0.15, -0.1) is 0 Å². The molecule has 0 N–H and O–H groups in total. The lowest BCUT2D eigenvalue weighted by molar-refractivity contribution is 0.344. The standard InChI is InChI=1S/C29H22Cl3N3S/c1-34-15-21(14-18-2-8-22(30)9-3-18)27-25(16-34)28(20-6-12-24(32)13-7-20)35-26(17-36-29(35)33-27)19-4-10-23(31)11-5-19/h2-14,17,28H,15-16H2,1H3/b21-14+/t28-/m0/s1. The maximum Gasteiger partial charge on any atom is 0.174 e. The SMILES string of the molecule is CN1CC2=C(N=C3SC=C(c4ccc(Cl)cc4)N3[C@H]2c2ccc(Cl)cc2)/C(=C/c2ccc(Cl)cc2)C1. The minimum atomic E-state index is -0.00179. The van der Waals surface area contributed by atoms with E-state index in [1.165, 1.54) is 16.7 Å². The number of rotatable bonds is 3. The van der Waals surface area contributed by atoms with Gasteiger partial charge in [-0.05, 0) is 77.4 Å². The zero-order valence-corrected chi connectivity index (χ0v) is 22.5. The molecule has 0 aromatic heterocycles. The number of hydrogen-bond acceptors (Lipinski definition) is 4. The summed E-state index contributed by atoms with van der Waals surface area (Å²) in [5.74, 6) is 0. The fourth-order valence-corrected chi connectivity index (χ4v) is 6.26. The third kappa shape index (κ3) is 4.53. The van der Waals surface area contributed by atoms with Crippen LogP contribution in [0.25, 0.3) is 11.8 Å². The molecular weight excluding hydrogens is 529 g/mol. The van der Waals surface area contributed by atoms with Crippen LogP contribution in [-0.4, -0.2) is 35.1 Å². The quantitative estimate of drug-likeness (QED) is 0.326. The van der Waals surface area contributed by atoms with Gasteiger partial charge in [0.15, 0.2) is 5.17 Å². The van der Waals surface area contributed by atoms with Crippen LogP contribution in [0.2, 0.25) is 15.1 Å². The van der Waals surface area contributed by atoms with E-state index in [0.29, 0.717) is 0 Å². The molecule has 7 heteroatoms. The number of benzene rings is 3. The number of nitrogens with zero attached hydrogens (tertiary/aromatic N) is 3. The minimum Gasteiger partial charge on any atom is -0.308 e. The van der Waals surface area contributed by atoms with Crippen molar-refractivity contribution in [2.24, 2.45) is 4.99 Å². The summed E-state index contributed by atoms with van der Waals surface area (Å²) in [5, 5.41) is 5.35. The van der Waals surface area contributed by atoms with Crippen molar-refractivity contribution in [2.45, 2.75) is 6.04 Å². The molecule has 0 fully saturated rings. The molecule has 0 saturated heterocycles. The summed E-state index contributed by atoms with van der Waals surface area (Å²) in [6, 6.07) is 24.1. The molecule has 1 atom stereocenters. The highest BCUT2D eigenvalue weighted by Crippen LogP contribution is 2.49. The third-order valence-electron chi connectivity index (χ3n) is 6.56. The molecule has 180 valence electrons. The van der Waals surface area contributed by atoms with E-state index in [9.17, 15) is 0 Å². The highest BCUT2D eigenvalue weighted by molar-refractivity contribution is 8.16. The van der Waals surface area contributed by atoms with E-state index >= 15 is 0 Å². The lowest BCUT2D eigenvalue weighted by atomic mass is 9.88. The third-order valence-corrected chi connectivity index (χ3v) is 8.16. The van der Waals surface area contributed by atoms with Crippen molar-refractivity contribution in [3.63, 3.8) is 0 Å². The van der Waals surface area contributed by atoms with Gasteiger partial charge in [0.05, 0.1) is 17.4 Å². The molecule has 3 nitrogen and oxygen atoms in total. The highest BCUT2D eigenvalue weighted by atomic mass is 35.5. The van der Waals surface area contributed by atoms with Crippen molar-refractivity contribution in [1.29, 1.82) is 0 Å². The largest absolute Gasteiger partial charge is 0.308 e. The maximum absolute atomic E-state index is 6.28. The van der Waals surface area contributed by atoms with Gasteiger partial charge in [0.25, 0.3) is 0 Å². The van der Waals surface area contributed by atoms with Gasteiger partial charge >= 0.3 is 0 Å². The van der Waals surface area contributed by atoms with E-state index in [2.05, 4.69) is 52.6 Å². The zero-order valence-electron chi connectivity index (χ0n) is 19.5. The molecule has 3 heterocycles. The number of halogens is 3. The van der Waals surface area contributed by atoms with Crippen LogP contribution in [0.3, 0.4) is 0 Å². The molecule has 3 aliphatic rings. The topological polar surface area (TPSA) is 18.8 Å². The number of thioether (sulfide) groups is 1. The second kappa shape index (κ2) is 9.77. The monoisotopic (exact) mass is 549 g/mol. The first-order valence-corrected chi connectivity index (χ1v) is 13.6. The van der Waals surface area contributed by atoms with E-state index in [0.717, 1.165) is 55.8 Å². The molecule has 3 aliphatic heterocycles. The molecular formula is C29H22Cl3N3S. The Morgan fingerprint density at radius 1 is 0.833 bits per heavy atom. The van der Waals surface area contributed by atoms with Crippen molar-refractivity contribution >= 4 is 63.5 Å². The smallest absolute Gasteiger partial charge is 0.174 e. The number of fused-ring (bicyclic) bond motifs is 1. The van der Waals surface area contributed by atoms with E-state index in [-0.39, 0.29) is 6.04 Å². The Bertz CT molecular complexity index is 1440. The van der Waals surface area contributed by atoms with Crippen molar-refractivity contribution in [3.8, 4) is 0 Å². The summed E-state index contributed by atoms with van der Waals surface area (Å²) in [7, 11) is 2.16. The van der Waals surface area contributed by atoms with Crippen molar-refractivity contribution in [1.82, 2.24) is 9.80 Å². The van der Waals surface area contributed by atoms with Gasteiger partial charge in [-0.3, -0.25) is 4.90 Å². The Kier molecular flexibility index (Phi) is 6.49. The Hall–Kier alpha value is -2.47. The molecule has 0 spiro atoms. The van der Waals surface area contributed by atoms with Gasteiger partial charge in [0.1, 0.15) is 0 Å². The first kappa shape index (κ1) is 23.9. The van der Waals surface area contributed by atoms with Gasteiger partial charge < -0.3 is 4.90 Å². The van der Waals surface area contributed by atoms with E-state index in [1.54, 1.807) is 11.8 Å². The lowest BCUT2D eigenvalue weighted by Crippen LogP contribution is -2.40. The molecule has 0 amide bonds. The number of likely N-dealkylation sites (N-methyl/N-ethyl adjacent to an activating group) is 1. The van der Waals surface area contributed by atoms with Crippen molar-refractivity contribution in [2.75, 3.05) is 20.1 Å². The van der Waals surface area contributed by atoms with Crippen LogP contribution >= 0.6 is 46.6 Å². The van der Waals surface area contributed by atoms with Crippen molar-refractivity contribution in [3.05, 3.63) is 127 Å². The maximum atomic E-state index is 6.28. The number of aliphatic imine (C=N–C) groups is 1. The summed E-state index contributed by atoms with van der Waals surface area (Å²) in [4.78, 5) is 9.94. The Morgan fingerprint density at radius 2 is 1.44 bits per heavy atom. The molecule has 0 aliphatic carbocycles. The molecule has 0 unspecified atom stereocenters. The normalized spacial score (nSPS) is 20.8. The average Bonchev–Trinajstić information content (AvgIpc) is 3.29. The molecule has 3 aromatic rings. The first-order valence-electron chi connectivity index (χ1n) is 11.6. The van der Waals surface area contributed by atoms with Gasteiger partial charge in [0.2, 0.25) is 0 Å². The number of amidine groups is 1. The molecule has 0 radical (unpaired) electrons. The second-order valence-electron chi connectivity index (χ2n) is 9.11. The number of hydrogen-bond donors (Lipinski definition) is 0. The Morgan fingerprint density at radius 3 is 2.11 bits per heavy atom. The minimum absolute atomic E-state index is 0.00179. The van der Waals surface area contributed by atoms with Gasteiger partial charge in [0, 0.05) is 33.6 Å². The van der Waals surface area contributed by atoms with Crippen molar-refractivity contribution < 1.29 is 0 Å². The lowest BCUT2D eigenvalue weighted by Gasteiger charge is -2.42. The van der Waals surface area contributed by atoms with Crippen LogP contribution < -0.4 is 0 Å². The average molecular weight is 551 g/mol. The van der Waals surface area contributed by atoms with Crippen LogP contribution in [0.4, 0.5) is 0 Å². The Balaban J connectivity index is 1.50. The van der Waals surface area contributed by atoms with E-state index in [1.807, 2.05) is 48.5 Å². The second-order valence-corrected chi connectivity index (χ2v) is 11.3. The summed E-state index contributed by atoms with van der Waals surface area (Å²) in [5.41, 5.74) is 8.08. The Labute approximate surface area is 230 Å². The van der Waals surface area contributed by atoms with E-state index in [4.69, 9.17) is 39.8 Å². The molecule has 0 bridgehead atoms. The van der Waals surface area contributed by atoms with Gasteiger partial charge in [-0.25, -0.2) is 4.99 Å². The van der Waals surface area contributed by atoms with Crippen LogP contribution in [-0.2, 0) is 0 Å². The van der Waals surface area contributed by atoms with Crippen LogP contribution in [0.15, 0.2) is 100 Å². The fourth-order valence-electron chi connectivity index (χ4n) is 4.96. The summed E-state index contributed by atoms with van der Waals surface area (Å²) >= 11 is 20.3. The van der Waals surface area contributed by atoms with Crippen LogP contribution in [0.1, 0.15) is 22.7 Å². The molecule has 3 aromatic carbocycles. The van der Waals surface area contributed by atoms with Gasteiger partial charge in [-0.2, -0.15) is 0 Å². The van der Waals surface area contributed by atoms with Crippen LogP contribution in [0, 0.1) is 0 Å². The highest BCUT2D eigenvalue weighted by Gasteiger charge is 2.41. The fraction of sp³-hybridized carbons (Fsp3) is 0.138. The molecule has 0 saturated carbocycles.